The smallest absolute Gasteiger partial charge is 0.106 e. The van der Waals surface area contributed by atoms with Gasteiger partial charge < -0.3 is 15.5 Å². The van der Waals surface area contributed by atoms with Crippen LogP contribution in [0.2, 0.25) is 0 Å². The van der Waals surface area contributed by atoms with E-state index in [9.17, 15) is 10.2 Å². The third-order valence-electron chi connectivity index (χ3n) is 2.25. The van der Waals surface area contributed by atoms with Gasteiger partial charge in [-0.05, 0) is 18.2 Å². The number of benzene rings is 1. The zero-order valence-electron chi connectivity index (χ0n) is 8.72. The molecule has 0 aliphatic rings. The molecule has 0 bridgehead atoms. The van der Waals surface area contributed by atoms with E-state index in [1.807, 2.05) is 18.2 Å². The van der Waals surface area contributed by atoms with Crippen molar-refractivity contribution in [2.24, 2.45) is 0 Å². The van der Waals surface area contributed by atoms with Crippen molar-refractivity contribution < 1.29 is 10.2 Å². The SMILES string of the molecule is CNCC(O)C(O)c1cccc(CS)c1. The summed E-state index contributed by atoms with van der Waals surface area (Å²) in [5, 5.41) is 22.2. The summed E-state index contributed by atoms with van der Waals surface area (Å²) in [6, 6.07) is 7.46. The molecule has 0 saturated carbocycles. The van der Waals surface area contributed by atoms with Gasteiger partial charge in [0.15, 0.2) is 0 Å². The van der Waals surface area contributed by atoms with E-state index in [1.165, 1.54) is 0 Å². The van der Waals surface area contributed by atoms with Crippen molar-refractivity contribution >= 4 is 12.6 Å². The van der Waals surface area contributed by atoms with Gasteiger partial charge in [0.1, 0.15) is 6.10 Å². The Balaban J connectivity index is 2.76. The number of aliphatic hydroxyl groups is 2. The predicted octanol–water partition coefficient (Wildman–Crippen LogP) is 0.730. The number of nitrogens with one attached hydrogen (secondary N) is 1. The minimum Gasteiger partial charge on any atom is -0.389 e. The molecule has 0 heterocycles. The standard InChI is InChI=1S/C11H17NO2S/c1-12-6-10(13)11(14)9-4-2-3-8(5-9)7-15/h2-5,10-15H,6-7H2,1H3. The molecule has 4 heteroatoms. The van der Waals surface area contributed by atoms with E-state index in [0.717, 1.165) is 11.1 Å². The number of rotatable bonds is 5. The highest BCUT2D eigenvalue weighted by molar-refractivity contribution is 7.79. The maximum atomic E-state index is 9.83. The van der Waals surface area contributed by atoms with E-state index in [2.05, 4.69) is 17.9 Å². The number of hydrogen-bond acceptors (Lipinski definition) is 4. The topological polar surface area (TPSA) is 52.5 Å². The molecule has 2 unspecified atom stereocenters. The summed E-state index contributed by atoms with van der Waals surface area (Å²) in [5.41, 5.74) is 1.76. The minimum absolute atomic E-state index is 0.367. The van der Waals surface area contributed by atoms with Crippen LogP contribution in [0.3, 0.4) is 0 Å². The Kier molecular flexibility index (Phi) is 5.11. The van der Waals surface area contributed by atoms with Crippen LogP contribution in [0.15, 0.2) is 24.3 Å². The fraction of sp³-hybridized carbons (Fsp3) is 0.455. The van der Waals surface area contributed by atoms with E-state index in [0.29, 0.717) is 12.3 Å². The second kappa shape index (κ2) is 6.12. The molecular weight excluding hydrogens is 210 g/mol. The van der Waals surface area contributed by atoms with Crippen LogP contribution >= 0.6 is 12.6 Å². The fourth-order valence-corrected chi connectivity index (χ4v) is 1.62. The molecule has 0 amide bonds. The molecule has 1 aromatic rings. The van der Waals surface area contributed by atoms with E-state index >= 15 is 0 Å². The summed E-state index contributed by atoms with van der Waals surface area (Å²) in [7, 11) is 1.74. The number of thiol groups is 1. The first-order valence-corrected chi connectivity index (χ1v) is 5.52. The van der Waals surface area contributed by atoms with Crippen LogP contribution in [0.1, 0.15) is 17.2 Å². The summed E-state index contributed by atoms with van der Waals surface area (Å²) in [5.74, 6) is 0.628. The first-order valence-electron chi connectivity index (χ1n) is 4.89. The lowest BCUT2D eigenvalue weighted by molar-refractivity contribution is 0.0202. The monoisotopic (exact) mass is 227 g/mol. The zero-order chi connectivity index (χ0) is 11.3. The Morgan fingerprint density at radius 2 is 2.13 bits per heavy atom. The quantitative estimate of drug-likeness (QED) is 0.561. The first-order chi connectivity index (χ1) is 7.19. The first kappa shape index (κ1) is 12.5. The molecule has 1 rings (SSSR count). The van der Waals surface area contributed by atoms with Gasteiger partial charge in [-0.15, -0.1) is 0 Å². The lowest BCUT2D eigenvalue weighted by Gasteiger charge is -2.18. The Hall–Kier alpha value is -0.550. The maximum Gasteiger partial charge on any atom is 0.106 e. The summed E-state index contributed by atoms with van der Waals surface area (Å²) >= 11 is 4.16. The van der Waals surface area contributed by atoms with Crippen molar-refractivity contribution in [3.8, 4) is 0 Å². The van der Waals surface area contributed by atoms with Gasteiger partial charge in [0.05, 0.1) is 6.10 Å². The molecule has 0 saturated heterocycles. The molecule has 2 atom stereocenters. The molecule has 0 aliphatic heterocycles. The molecule has 3 N–H and O–H groups in total. The summed E-state index contributed by atoms with van der Waals surface area (Å²) in [4.78, 5) is 0. The molecule has 0 spiro atoms. The van der Waals surface area contributed by atoms with Crippen molar-refractivity contribution in [3.63, 3.8) is 0 Å². The van der Waals surface area contributed by atoms with E-state index in [-0.39, 0.29) is 0 Å². The largest absolute Gasteiger partial charge is 0.389 e. The highest BCUT2D eigenvalue weighted by atomic mass is 32.1. The second-order valence-electron chi connectivity index (χ2n) is 3.47. The summed E-state index contributed by atoms with van der Waals surface area (Å²) < 4.78 is 0. The van der Waals surface area contributed by atoms with Crippen LogP contribution in [0.5, 0.6) is 0 Å². The Labute approximate surface area is 95.5 Å². The second-order valence-corrected chi connectivity index (χ2v) is 3.79. The molecule has 0 aromatic heterocycles. The van der Waals surface area contributed by atoms with Gasteiger partial charge in [0.25, 0.3) is 0 Å². The Bertz CT molecular complexity index is 306. The third-order valence-corrected chi connectivity index (χ3v) is 2.62. The van der Waals surface area contributed by atoms with Crippen molar-refractivity contribution in [3.05, 3.63) is 35.4 Å². The van der Waals surface area contributed by atoms with Crippen molar-refractivity contribution in [1.82, 2.24) is 5.32 Å². The van der Waals surface area contributed by atoms with Gasteiger partial charge >= 0.3 is 0 Å². The van der Waals surface area contributed by atoms with Crippen molar-refractivity contribution in [2.75, 3.05) is 13.6 Å². The zero-order valence-corrected chi connectivity index (χ0v) is 9.61. The summed E-state index contributed by atoms with van der Waals surface area (Å²) in [6.07, 6.45) is -1.64. The van der Waals surface area contributed by atoms with Crippen molar-refractivity contribution in [2.45, 2.75) is 18.0 Å². The van der Waals surface area contributed by atoms with Crippen LogP contribution in [0.4, 0.5) is 0 Å². The molecule has 84 valence electrons. The highest BCUT2D eigenvalue weighted by Crippen LogP contribution is 2.18. The van der Waals surface area contributed by atoms with Gasteiger partial charge in [0.2, 0.25) is 0 Å². The highest BCUT2D eigenvalue weighted by Gasteiger charge is 2.17. The van der Waals surface area contributed by atoms with Gasteiger partial charge in [-0.25, -0.2) is 0 Å². The fourth-order valence-electron chi connectivity index (χ4n) is 1.42. The van der Waals surface area contributed by atoms with Crippen LogP contribution in [0, 0.1) is 0 Å². The van der Waals surface area contributed by atoms with Gasteiger partial charge in [-0.3, -0.25) is 0 Å². The normalized spacial score (nSPS) is 14.9. The molecule has 0 aliphatic carbocycles. The van der Waals surface area contributed by atoms with Crippen LogP contribution < -0.4 is 5.32 Å². The summed E-state index contributed by atoms with van der Waals surface area (Å²) in [6.45, 7) is 0.367. The Morgan fingerprint density at radius 3 is 2.73 bits per heavy atom. The predicted molar refractivity (Wildman–Crippen MR) is 64.0 cm³/mol. The molecule has 15 heavy (non-hydrogen) atoms. The van der Waals surface area contributed by atoms with E-state index < -0.39 is 12.2 Å². The van der Waals surface area contributed by atoms with Gasteiger partial charge in [-0.1, -0.05) is 24.3 Å². The molecule has 1 aromatic carbocycles. The average Bonchev–Trinajstić information content (AvgIpc) is 2.28. The lowest BCUT2D eigenvalue weighted by Crippen LogP contribution is -2.29. The molecule has 0 radical (unpaired) electrons. The third kappa shape index (κ3) is 3.50. The van der Waals surface area contributed by atoms with Crippen LogP contribution in [-0.4, -0.2) is 29.9 Å². The minimum atomic E-state index is -0.850. The molecule has 3 nitrogen and oxygen atoms in total. The molecule has 0 fully saturated rings. The van der Waals surface area contributed by atoms with Gasteiger partial charge in [-0.2, -0.15) is 12.6 Å². The lowest BCUT2D eigenvalue weighted by atomic mass is 10.0. The average molecular weight is 227 g/mol. The van der Waals surface area contributed by atoms with Gasteiger partial charge in [0, 0.05) is 12.3 Å². The van der Waals surface area contributed by atoms with E-state index in [1.54, 1.807) is 13.1 Å². The van der Waals surface area contributed by atoms with Crippen molar-refractivity contribution in [1.29, 1.82) is 0 Å². The maximum absolute atomic E-state index is 9.83. The Morgan fingerprint density at radius 1 is 1.40 bits per heavy atom. The molecular formula is C11H17NO2S. The van der Waals surface area contributed by atoms with Crippen LogP contribution in [0.25, 0.3) is 0 Å². The number of hydrogen-bond donors (Lipinski definition) is 4. The van der Waals surface area contributed by atoms with Crippen LogP contribution in [-0.2, 0) is 5.75 Å². The number of likely N-dealkylation sites (N-methyl/N-ethyl adjacent to an activating group) is 1. The number of aliphatic hydroxyl groups excluding tert-OH is 2. The van der Waals surface area contributed by atoms with E-state index in [4.69, 9.17) is 0 Å².